The summed E-state index contributed by atoms with van der Waals surface area (Å²) in [4.78, 5) is 2.32. The molecule has 0 aromatic heterocycles. The van der Waals surface area contributed by atoms with Gasteiger partial charge in [0.2, 0.25) is 0 Å². The topological polar surface area (TPSA) is 56.5 Å². The lowest BCUT2D eigenvalue weighted by Gasteiger charge is -2.48. The van der Waals surface area contributed by atoms with Crippen LogP contribution in [0, 0.1) is 16.7 Å². The molecular weight excluding hydrogens is 216 g/mol. The molecule has 0 saturated carbocycles. The standard InChI is InChI=1S/C13H22N2O2/c1-2-15-7-5-13(16,6-8-15)12(10-14)4-3-9-17-11-12/h16H,2-9,11H2,1H3. The molecule has 2 rings (SSSR count). The summed E-state index contributed by atoms with van der Waals surface area (Å²) < 4.78 is 5.45. The summed E-state index contributed by atoms with van der Waals surface area (Å²) in [5.74, 6) is 0. The van der Waals surface area contributed by atoms with Crippen LogP contribution in [0.3, 0.4) is 0 Å². The molecule has 2 aliphatic rings. The lowest BCUT2D eigenvalue weighted by atomic mass is 9.65. The van der Waals surface area contributed by atoms with Crippen molar-refractivity contribution in [3.8, 4) is 6.07 Å². The minimum Gasteiger partial charge on any atom is -0.388 e. The molecule has 1 atom stereocenters. The Morgan fingerprint density at radius 2 is 2.06 bits per heavy atom. The summed E-state index contributed by atoms with van der Waals surface area (Å²) in [5, 5.41) is 20.3. The third-order valence-electron chi connectivity index (χ3n) is 4.48. The maximum absolute atomic E-state index is 10.8. The van der Waals surface area contributed by atoms with Crippen molar-refractivity contribution in [2.24, 2.45) is 5.41 Å². The van der Waals surface area contributed by atoms with E-state index in [0.29, 0.717) is 19.4 Å². The van der Waals surface area contributed by atoms with Crippen molar-refractivity contribution in [3.63, 3.8) is 0 Å². The molecule has 0 aromatic carbocycles. The maximum Gasteiger partial charge on any atom is 0.109 e. The highest BCUT2D eigenvalue weighted by molar-refractivity contribution is 5.13. The zero-order chi connectivity index (χ0) is 12.4. The molecule has 2 fully saturated rings. The normalized spacial score (nSPS) is 34.2. The number of ether oxygens (including phenoxy) is 1. The fourth-order valence-electron chi connectivity index (χ4n) is 3.07. The van der Waals surface area contributed by atoms with E-state index < -0.39 is 11.0 Å². The van der Waals surface area contributed by atoms with Gasteiger partial charge in [0.05, 0.1) is 18.3 Å². The largest absolute Gasteiger partial charge is 0.388 e. The highest BCUT2D eigenvalue weighted by Crippen LogP contribution is 2.44. The average Bonchev–Trinajstić information content (AvgIpc) is 2.40. The van der Waals surface area contributed by atoms with Crippen LogP contribution < -0.4 is 0 Å². The fourth-order valence-corrected chi connectivity index (χ4v) is 3.07. The molecule has 1 unspecified atom stereocenters. The SMILES string of the molecule is CCN1CCC(O)(C2(C#N)CCCOC2)CC1. The van der Waals surface area contributed by atoms with Crippen LogP contribution in [-0.4, -0.2) is 48.5 Å². The van der Waals surface area contributed by atoms with Gasteiger partial charge in [-0.3, -0.25) is 0 Å². The molecule has 96 valence electrons. The van der Waals surface area contributed by atoms with Crippen LogP contribution in [0.25, 0.3) is 0 Å². The van der Waals surface area contributed by atoms with Gasteiger partial charge in [0.15, 0.2) is 0 Å². The van der Waals surface area contributed by atoms with Crippen LogP contribution >= 0.6 is 0 Å². The number of likely N-dealkylation sites (tertiary alicyclic amines) is 1. The van der Waals surface area contributed by atoms with Crippen LogP contribution in [0.4, 0.5) is 0 Å². The summed E-state index contributed by atoms with van der Waals surface area (Å²) in [5.41, 5.74) is -1.53. The summed E-state index contributed by atoms with van der Waals surface area (Å²) in [6.07, 6.45) is 3.04. The molecule has 0 bridgehead atoms. The van der Waals surface area contributed by atoms with Gasteiger partial charge in [-0.25, -0.2) is 0 Å². The molecule has 2 heterocycles. The van der Waals surface area contributed by atoms with Gasteiger partial charge < -0.3 is 14.7 Å². The molecule has 0 aliphatic carbocycles. The minimum atomic E-state index is -0.853. The van der Waals surface area contributed by atoms with E-state index in [2.05, 4.69) is 17.9 Å². The number of nitrogens with zero attached hydrogens (tertiary/aromatic N) is 2. The van der Waals surface area contributed by atoms with Gasteiger partial charge in [-0.05, 0) is 32.2 Å². The highest BCUT2D eigenvalue weighted by Gasteiger charge is 2.52. The molecule has 0 spiro atoms. The van der Waals surface area contributed by atoms with E-state index in [0.717, 1.165) is 39.1 Å². The molecule has 2 saturated heterocycles. The Bertz CT molecular complexity index is 297. The van der Waals surface area contributed by atoms with Gasteiger partial charge in [-0.15, -0.1) is 0 Å². The second-order valence-corrected chi connectivity index (χ2v) is 5.32. The van der Waals surface area contributed by atoms with Gasteiger partial charge >= 0.3 is 0 Å². The number of hydrogen-bond acceptors (Lipinski definition) is 4. The Morgan fingerprint density at radius 1 is 1.35 bits per heavy atom. The number of nitriles is 1. The maximum atomic E-state index is 10.8. The lowest BCUT2D eigenvalue weighted by molar-refractivity contribution is -0.143. The number of rotatable bonds is 2. The van der Waals surface area contributed by atoms with E-state index in [1.54, 1.807) is 0 Å². The Morgan fingerprint density at radius 3 is 2.53 bits per heavy atom. The van der Waals surface area contributed by atoms with Crippen molar-refractivity contribution in [3.05, 3.63) is 0 Å². The van der Waals surface area contributed by atoms with E-state index in [1.807, 2.05) is 0 Å². The lowest BCUT2D eigenvalue weighted by Crippen LogP contribution is -2.57. The van der Waals surface area contributed by atoms with Crippen molar-refractivity contribution >= 4 is 0 Å². The van der Waals surface area contributed by atoms with Crippen LogP contribution in [0.2, 0.25) is 0 Å². The third kappa shape index (κ3) is 2.20. The first-order valence-corrected chi connectivity index (χ1v) is 6.59. The van der Waals surface area contributed by atoms with E-state index in [9.17, 15) is 10.4 Å². The van der Waals surface area contributed by atoms with Gasteiger partial charge in [0.25, 0.3) is 0 Å². The van der Waals surface area contributed by atoms with Gasteiger partial charge in [0.1, 0.15) is 5.41 Å². The minimum absolute atomic E-state index is 0.395. The van der Waals surface area contributed by atoms with E-state index in [4.69, 9.17) is 4.74 Å². The Hall–Kier alpha value is -0.630. The van der Waals surface area contributed by atoms with Crippen molar-refractivity contribution < 1.29 is 9.84 Å². The summed E-state index contributed by atoms with van der Waals surface area (Å²) in [7, 11) is 0. The van der Waals surface area contributed by atoms with Crippen molar-refractivity contribution in [2.75, 3.05) is 32.8 Å². The zero-order valence-electron chi connectivity index (χ0n) is 10.6. The molecular formula is C13H22N2O2. The van der Waals surface area contributed by atoms with Crippen molar-refractivity contribution in [2.45, 2.75) is 38.2 Å². The number of hydrogen-bond donors (Lipinski definition) is 1. The number of piperidine rings is 1. The number of aliphatic hydroxyl groups is 1. The second-order valence-electron chi connectivity index (χ2n) is 5.32. The first-order chi connectivity index (χ1) is 8.16. The molecule has 17 heavy (non-hydrogen) atoms. The molecule has 4 nitrogen and oxygen atoms in total. The van der Waals surface area contributed by atoms with Crippen molar-refractivity contribution in [1.29, 1.82) is 5.26 Å². The van der Waals surface area contributed by atoms with Crippen LogP contribution in [-0.2, 0) is 4.74 Å². The Kier molecular flexibility index (Phi) is 3.72. The second kappa shape index (κ2) is 4.93. The quantitative estimate of drug-likeness (QED) is 0.784. The van der Waals surface area contributed by atoms with E-state index in [1.165, 1.54) is 0 Å². The first kappa shape index (κ1) is 12.8. The Balaban J connectivity index is 2.11. The van der Waals surface area contributed by atoms with Crippen molar-refractivity contribution in [1.82, 2.24) is 4.90 Å². The van der Waals surface area contributed by atoms with E-state index >= 15 is 0 Å². The van der Waals surface area contributed by atoms with Gasteiger partial charge in [-0.1, -0.05) is 6.92 Å². The predicted molar refractivity (Wildman–Crippen MR) is 64.4 cm³/mol. The van der Waals surface area contributed by atoms with Crippen LogP contribution in [0.1, 0.15) is 32.6 Å². The molecule has 4 heteroatoms. The third-order valence-corrected chi connectivity index (χ3v) is 4.48. The zero-order valence-corrected chi connectivity index (χ0v) is 10.6. The predicted octanol–water partition coefficient (Wildman–Crippen LogP) is 1.15. The molecule has 0 radical (unpaired) electrons. The van der Waals surface area contributed by atoms with E-state index in [-0.39, 0.29) is 0 Å². The first-order valence-electron chi connectivity index (χ1n) is 6.59. The Labute approximate surface area is 103 Å². The highest BCUT2D eigenvalue weighted by atomic mass is 16.5. The summed E-state index contributed by atoms with van der Waals surface area (Å²) >= 11 is 0. The summed E-state index contributed by atoms with van der Waals surface area (Å²) in [6, 6.07) is 2.37. The molecule has 0 aromatic rings. The van der Waals surface area contributed by atoms with Crippen LogP contribution in [0.15, 0.2) is 0 Å². The van der Waals surface area contributed by atoms with Crippen LogP contribution in [0.5, 0.6) is 0 Å². The average molecular weight is 238 g/mol. The smallest absolute Gasteiger partial charge is 0.109 e. The van der Waals surface area contributed by atoms with Gasteiger partial charge in [-0.2, -0.15) is 5.26 Å². The summed E-state index contributed by atoms with van der Waals surface area (Å²) in [6.45, 7) is 6.04. The molecule has 1 N–H and O–H groups in total. The fraction of sp³-hybridized carbons (Fsp3) is 0.923. The monoisotopic (exact) mass is 238 g/mol. The molecule has 2 aliphatic heterocycles. The van der Waals surface area contributed by atoms with Gasteiger partial charge in [0, 0.05) is 19.7 Å². The molecule has 0 amide bonds.